The average Bonchev–Trinajstić information content (AvgIpc) is 2.64. The summed E-state index contributed by atoms with van der Waals surface area (Å²) in [5.74, 6) is -0.808. The Kier molecular flexibility index (Phi) is 6.10. The number of aromatic nitrogens is 1. The minimum atomic E-state index is -1.12. The number of rotatable bonds is 3. The molecule has 1 heterocycles. The van der Waals surface area contributed by atoms with Crippen molar-refractivity contribution in [3.8, 4) is 0 Å². The number of benzene rings is 1. The second-order valence-corrected chi connectivity index (χ2v) is 9.02. The quantitative estimate of drug-likeness (QED) is 0.753. The Bertz CT molecular complexity index is 994. The molecule has 0 aliphatic heterocycles. The third-order valence-electron chi connectivity index (χ3n) is 5.09. The Balaban J connectivity index is 1.84. The molecule has 7 heteroatoms. The van der Waals surface area contributed by atoms with Crippen molar-refractivity contribution >= 4 is 28.8 Å². The first-order valence-corrected chi connectivity index (χ1v) is 10.3. The highest BCUT2D eigenvalue weighted by molar-refractivity contribution is 6.06. The fourth-order valence-corrected chi connectivity index (χ4v) is 3.65. The second-order valence-electron chi connectivity index (χ2n) is 9.02. The molecular weight excluding hydrogens is 382 g/mol. The van der Waals surface area contributed by atoms with Crippen molar-refractivity contribution in [3.05, 3.63) is 41.1 Å². The Morgan fingerprint density at radius 1 is 1.20 bits per heavy atom. The van der Waals surface area contributed by atoms with Crippen molar-refractivity contribution in [2.75, 3.05) is 0 Å². The summed E-state index contributed by atoms with van der Waals surface area (Å²) in [6, 6.07) is 6.83. The number of carbonyl (C=O) groups is 3. The smallest absolute Gasteiger partial charge is 0.339 e. The summed E-state index contributed by atoms with van der Waals surface area (Å²) in [6.07, 6.45) is 1.46. The van der Waals surface area contributed by atoms with Crippen molar-refractivity contribution in [3.63, 3.8) is 0 Å². The predicted octanol–water partition coefficient (Wildman–Crippen LogP) is 3.53. The average molecular weight is 412 g/mol. The topological polar surface area (TPSA) is 97.4 Å². The first-order chi connectivity index (χ1) is 14.0. The minimum absolute atomic E-state index is 0.439. The van der Waals surface area contributed by atoms with Crippen LogP contribution in [-0.4, -0.2) is 34.5 Å². The van der Waals surface area contributed by atoms with E-state index < -0.39 is 29.6 Å². The molecule has 0 spiro atoms. The molecule has 1 aromatic carbocycles. The number of fused-ring (bicyclic) bond motifs is 2. The highest BCUT2D eigenvalue weighted by atomic mass is 16.5. The van der Waals surface area contributed by atoms with Gasteiger partial charge in [-0.1, -0.05) is 25.1 Å². The van der Waals surface area contributed by atoms with E-state index in [1.807, 2.05) is 24.3 Å². The van der Waals surface area contributed by atoms with Gasteiger partial charge in [0.1, 0.15) is 0 Å². The number of pyridine rings is 1. The molecule has 0 unspecified atom stereocenters. The number of imide groups is 1. The molecule has 2 atom stereocenters. The maximum Gasteiger partial charge on any atom is 0.339 e. The van der Waals surface area contributed by atoms with Crippen LogP contribution in [0.25, 0.3) is 10.9 Å². The van der Waals surface area contributed by atoms with E-state index in [1.165, 1.54) is 6.92 Å². The standard InChI is InChI=1S/C23H29N3O4/c1-13-10-11-18-16(12-13)19(15-8-6-7-9-17(15)24-18)21(28)30-14(2)20(27)25-22(29)26-23(3,4)5/h6-9,13-14H,10-12H2,1-5H3,(H2,25,26,27,29)/t13-,14+/m1/s1. The van der Waals surface area contributed by atoms with Crippen LogP contribution in [0.1, 0.15) is 62.7 Å². The van der Waals surface area contributed by atoms with E-state index >= 15 is 0 Å². The summed E-state index contributed by atoms with van der Waals surface area (Å²) in [4.78, 5) is 42.2. The highest BCUT2D eigenvalue weighted by Crippen LogP contribution is 2.32. The van der Waals surface area contributed by atoms with Crippen LogP contribution in [0.3, 0.4) is 0 Å². The van der Waals surface area contributed by atoms with Gasteiger partial charge in [0.2, 0.25) is 0 Å². The molecule has 1 aliphatic carbocycles. The van der Waals surface area contributed by atoms with Gasteiger partial charge in [0, 0.05) is 16.6 Å². The predicted molar refractivity (Wildman–Crippen MR) is 114 cm³/mol. The largest absolute Gasteiger partial charge is 0.449 e. The van der Waals surface area contributed by atoms with Crippen molar-refractivity contribution in [1.29, 1.82) is 0 Å². The zero-order valence-electron chi connectivity index (χ0n) is 18.2. The lowest BCUT2D eigenvalue weighted by molar-refractivity contribution is -0.127. The molecule has 0 saturated heterocycles. The lowest BCUT2D eigenvalue weighted by Crippen LogP contribution is -2.50. The van der Waals surface area contributed by atoms with Crippen LogP contribution in [0.5, 0.6) is 0 Å². The van der Waals surface area contributed by atoms with Crippen molar-refractivity contribution in [2.45, 2.75) is 65.5 Å². The number of hydrogen-bond acceptors (Lipinski definition) is 5. The van der Waals surface area contributed by atoms with E-state index in [4.69, 9.17) is 9.72 Å². The first kappa shape index (κ1) is 21.7. The van der Waals surface area contributed by atoms with Crippen LogP contribution >= 0.6 is 0 Å². The number of carbonyl (C=O) groups excluding carboxylic acids is 3. The summed E-state index contributed by atoms with van der Waals surface area (Å²) in [7, 11) is 0. The van der Waals surface area contributed by atoms with E-state index in [0.29, 0.717) is 16.9 Å². The van der Waals surface area contributed by atoms with Crippen LogP contribution in [0.15, 0.2) is 24.3 Å². The number of aryl methyl sites for hydroxylation is 1. The summed E-state index contributed by atoms with van der Waals surface area (Å²) >= 11 is 0. The Labute approximate surface area is 176 Å². The molecule has 3 amide bonds. The first-order valence-electron chi connectivity index (χ1n) is 10.3. The van der Waals surface area contributed by atoms with Gasteiger partial charge in [0.15, 0.2) is 6.10 Å². The van der Waals surface area contributed by atoms with Gasteiger partial charge in [-0.15, -0.1) is 0 Å². The monoisotopic (exact) mass is 411 g/mol. The SMILES string of the molecule is C[C@@H]1CCc2nc3ccccc3c(C(=O)O[C@@H](C)C(=O)NC(=O)NC(C)(C)C)c2C1. The van der Waals surface area contributed by atoms with Gasteiger partial charge in [0.25, 0.3) is 5.91 Å². The van der Waals surface area contributed by atoms with E-state index in [-0.39, 0.29) is 0 Å². The Morgan fingerprint density at radius 2 is 1.90 bits per heavy atom. The van der Waals surface area contributed by atoms with E-state index in [9.17, 15) is 14.4 Å². The second kappa shape index (κ2) is 8.42. The number of urea groups is 1. The molecule has 160 valence electrons. The number of esters is 1. The number of para-hydroxylation sites is 1. The molecule has 0 radical (unpaired) electrons. The molecular formula is C23H29N3O4. The molecule has 2 N–H and O–H groups in total. The summed E-state index contributed by atoms with van der Waals surface area (Å²) in [5, 5.41) is 5.58. The van der Waals surface area contributed by atoms with E-state index in [1.54, 1.807) is 20.8 Å². The maximum absolute atomic E-state index is 13.1. The lowest BCUT2D eigenvalue weighted by atomic mass is 9.84. The minimum Gasteiger partial charge on any atom is -0.449 e. The van der Waals surface area contributed by atoms with Gasteiger partial charge in [-0.3, -0.25) is 15.1 Å². The van der Waals surface area contributed by atoms with E-state index in [2.05, 4.69) is 17.6 Å². The van der Waals surface area contributed by atoms with Gasteiger partial charge in [-0.25, -0.2) is 9.59 Å². The van der Waals surface area contributed by atoms with Crippen molar-refractivity contribution in [2.24, 2.45) is 5.92 Å². The molecule has 30 heavy (non-hydrogen) atoms. The lowest BCUT2D eigenvalue weighted by Gasteiger charge is -2.25. The molecule has 1 aliphatic rings. The van der Waals surface area contributed by atoms with Crippen LogP contribution in [-0.2, 0) is 22.4 Å². The Morgan fingerprint density at radius 3 is 2.60 bits per heavy atom. The number of amides is 3. The van der Waals surface area contributed by atoms with Gasteiger partial charge in [-0.2, -0.15) is 0 Å². The van der Waals surface area contributed by atoms with Crippen LogP contribution in [0.2, 0.25) is 0 Å². The molecule has 0 fully saturated rings. The fourth-order valence-electron chi connectivity index (χ4n) is 3.65. The van der Waals surface area contributed by atoms with Crippen LogP contribution < -0.4 is 10.6 Å². The van der Waals surface area contributed by atoms with E-state index in [0.717, 1.165) is 36.0 Å². The Hall–Kier alpha value is -2.96. The number of ether oxygens (including phenoxy) is 1. The van der Waals surface area contributed by atoms with Gasteiger partial charge in [0.05, 0.1) is 11.1 Å². The third kappa shape index (κ3) is 4.96. The van der Waals surface area contributed by atoms with Gasteiger partial charge in [-0.05, 0) is 64.5 Å². The van der Waals surface area contributed by atoms with Gasteiger partial charge >= 0.3 is 12.0 Å². The van der Waals surface area contributed by atoms with Crippen molar-refractivity contribution in [1.82, 2.24) is 15.6 Å². The molecule has 0 saturated carbocycles. The highest BCUT2D eigenvalue weighted by Gasteiger charge is 2.29. The molecule has 7 nitrogen and oxygen atoms in total. The van der Waals surface area contributed by atoms with Crippen LogP contribution in [0.4, 0.5) is 4.79 Å². The number of nitrogens with zero attached hydrogens (tertiary/aromatic N) is 1. The number of hydrogen-bond donors (Lipinski definition) is 2. The molecule has 3 rings (SSSR count). The molecule has 2 aromatic rings. The van der Waals surface area contributed by atoms with Crippen LogP contribution in [0, 0.1) is 5.92 Å². The molecule has 0 bridgehead atoms. The maximum atomic E-state index is 13.1. The normalized spacial score (nSPS) is 17.0. The van der Waals surface area contributed by atoms with Gasteiger partial charge < -0.3 is 10.1 Å². The number of nitrogens with one attached hydrogen (secondary N) is 2. The zero-order chi connectivity index (χ0) is 22.1. The summed E-state index contributed by atoms with van der Waals surface area (Å²) in [5.41, 5.74) is 2.53. The molecule has 1 aromatic heterocycles. The van der Waals surface area contributed by atoms with Crippen molar-refractivity contribution < 1.29 is 19.1 Å². The third-order valence-corrected chi connectivity index (χ3v) is 5.09. The fraction of sp³-hybridized carbons (Fsp3) is 0.478. The zero-order valence-corrected chi connectivity index (χ0v) is 18.2. The summed E-state index contributed by atoms with van der Waals surface area (Å²) in [6.45, 7) is 9.02. The summed E-state index contributed by atoms with van der Waals surface area (Å²) < 4.78 is 5.48.